The molecule has 0 unspecified atom stereocenters. The number of pyridine rings is 1. The van der Waals surface area contributed by atoms with Crippen LogP contribution >= 0.6 is 0 Å². The van der Waals surface area contributed by atoms with E-state index in [9.17, 15) is 4.79 Å². The minimum Gasteiger partial charge on any atom is -0.469 e. The summed E-state index contributed by atoms with van der Waals surface area (Å²) in [5.41, 5.74) is 1.73. The minimum atomic E-state index is -0.234. The van der Waals surface area contributed by atoms with Crippen LogP contribution in [0.25, 0.3) is 5.65 Å². The zero-order chi connectivity index (χ0) is 19.6. The predicted molar refractivity (Wildman–Crippen MR) is 106 cm³/mol. The largest absolute Gasteiger partial charge is 0.469 e. The summed E-state index contributed by atoms with van der Waals surface area (Å²) in [6, 6.07) is 9.75. The first kappa shape index (κ1) is 18.2. The lowest BCUT2D eigenvalue weighted by atomic mass is 10.2. The SMILES string of the molecule is O=C(Cc1ccco1)N1CCO[C@@H](c2cn3c(N4CCOCC4)cccc3n2)C1. The average molecular weight is 396 g/mol. The van der Waals surface area contributed by atoms with Crippen molar-refractivity contribution in [3.05, 3.63) is 54.2 Å². The molecule has 3 aromatic heterocycles. The third kappa shape index (κ3) is 3.73. The third-order valence-electron chi connectivity index (χ3n) is 5.48. The Morgan fingerprint density at radius 3 is 2.83 bits per heavy atom. The van der Waals surface area contributed by atoms with Crippen molar-refractivity contribution in [2.45, 2.75) is 12.5 Å². The molecule has 0 bridgehead atoms. The molecule has 29 heavy (non-hydrogen) atoms. The van der Waals surface area contributed by atoms with Crippen LogP contribution in [-0.4, -0.2) is 66.2 Å². The van der Waals surface area contributed by atoms with Crippen LogP contribution < -0.4 is 4.90 Å². The summed E-state index contributed by atoms with van der Waals surface area (Å²) in [7, 11) is 0. The smallest absolute Gasteiger partial charge is 0.230 e. The van der Waals surface area contributed by atoms with Gasteiger partial charge in [-0.1, -0.05) is 6.07 Å². The molecule has 5 rings (SSSR count). The van der Waals surface area contributed by atoms with Crippen LogP contribution in [0, 0.1) is 0 Å². The first-order valence-corrected chi connectivity index (χ1v) is 10.0. The molecule has 1 amide bonds. The number of imidazole rings is 1. The maximum absolute atomic E-state index is 12.6. The molecule has 0 aromatic carbocycles. The molecular weight excluding hydrogens is 372 g/mol. The van der Waals surface area contributed by atoms with E-state index >= 15 is 0 Å². The van der Waals surface area contributed by atoms with Gasteiger partial charge in [0.1, 0.15) is 23.3 Å². The zero-order valence-electron chi connectivity index (χ0n) is 16.2. The van der Waals surface area contributed by atoms with Crippen molar-refractivity contribution < 1.29 is 18.7 Å². The van der Waals surface area contributed by atoms with E-state index in [0.717, 1.165) is 43.5 Å². The molecule has 0 N–H and O–H groups in total. The van der Waals surface area contributed by atoms with Gasteiger partial charge in [0.05, 0.1) is 44.7 Å². The van der Waals surface area contributed by atoms with E-state index in [2.05, 4.69) is 15.4 Å². The highest BCUT2D eigenvalue weighted by atomic mass is 16.5. The summed E-state index contributed by atoms with van der Waals surface area (Å²) in [5.74, 6) is 1.83. The van der Waals surface area contributed by atoms with Gasteiger partial charge >= 0.3 is 0 Å². The molecule has 2 saturated heterocycles. The lowest BCUT2D eigenvalue weighted by Crippen LogP contribution is -2.43. The van der Waals surface area contributed by atoms with Crippen LogP contribution in [0.2, 0.25) is 0 Å². The lowest BCUT2D eigenvalue weighted by molar-refractivity contribution is -0.138. The number of amides is 1. The van der Waals surface area contributed by atoms with Crippen LogP contribution in [0.1, 0.15) is 17.6 Å². The first-order valence-electron chi connectivity index (χ1n) is 10.0. The quantitative estimate of drug-likeness (QED) is 0.671. The highest BCUT2D eigenvalue weighted by molar-refractivity contribution is 5.78. The van der Waals surface area contributed by atoms with Crippen molar-refractivity contribution in [2.75, 3.05) is 50.9 Å². The molecular formula is C21H24N4O4. The van der Waals surface area contributed by atoms with E-state index in [1.54, 1.807) is 12.3 Å². The van der Waals surface area contributed by atoms with Gasteiger partial charge in [-0.25, -0.2) is 4.98 Å². The number of carbonyl (C=O) groups excluding carboxylic acids is 1. The number of hydrogen-bond acceptors (Lipinski definition) is 6. The first-order chi connectivity index (χ1) is 14.3. The van der Waals surface area contributed by atoms with E-state index < -0.39 is 0 Å². The topological polar surface area (TPSA) is 72.5 Å². The van der Waals surface area contributed by atoms with E-state index in [-0.39, 0.29) is 18.4 Å². The van der Waals surface area contributed by atoms with Gasteiger partial charge in [-0.3, -0.25) is 9.20 Å². The number of fused-ring (bicyclic) bond motifs is 1. The van der Waals surface area contributed by atoms with Gasteiger partial charge in [0.25, 0.3) is 0 Å². The number of hydrogen-bond donors (Lipinski definition) is 0. The van der Waals surface area contributed by atoms with Crippen molar-refractivity contribution in [3.8, 4) is 0 Å². The van der Waals surface area contributed by atoms with Crippen molar-refractivity contribution in [2.24, 2.45) is 0 Å². The number of carbonyl (C=O) groups is 1. The Bertz CT molecular complexity index is 978. The van der Waals surface area contributed by atoms with E-state index in [0.29, 0.717) is 25.5 Å². The molecule has 1 atom stereocenters. The Balaban J connectivity index is 1.35. The fraction of sp³-hybridized carbons (Fsp3) is 0.429. The summed E-state index contributed by atoms with van der Waals surface area (Å²) >= 11 is 0. The fourth-order valence-corrected chi connectivity index (χ4v) is 3.95. The highest BCUT2D eigenvalue weighted by Crippen LogP contribution is 2.26. The number of furan rings is 1. The predicted octanol–water partition coefficient (Wildman–Crippen LogP) is 1.91. The van der Waals surface area contributed by atoms with Gasteiger partial charge < -0.3 is 23.7 Å². The molecule has 0 aliphatic carbocycles. The normalized spacial score (nSPS) is 20.3. The summed E-state index contributed by atoms with van der Waals surface area (Å²) < 4.78 is 18.9. The Labute approximate surface area is 168 Å². The second-order valence-corrected chi connectivity index (χ2v) is 7.33. The zero-order valence-corrected chi connectivity index (χ0v) is 16.2. The molecule has 0 radical (unpaired) electrons. The van der Waals surface area contributed by atoms with Crippen LogP contribution in [0.3, 0.4) is 0 Å². The molecule has 152 valence electrons. The van der Waals surface area contributed by atoms with Gasteiger partial charge in [-0.05, 0) is 24.3 Å². The third-order valence-corrected chi connectivity index (χ3v) is 5.48. The molecule has 8 nitrogen and oxygen atoms in total. The lowest BCUT2D eigenvalue weighted by Gasteiger charge is -2.32. The maximum atomic E-state index is 12.6. The molecule has 2 aliphatic rings. The number of anilines is 1. The summed E-state index contributed by atoms with van der Waals surface area (Å²) in [5, 5.41) is 0. The van der Waals surface area contributed by atoms with Crippen LogP contribution in [0.5, 0.6) is 0 Å². The molecule has 8 heteroatoms. The van der Waals surface area contributed by atoms with Crippen LogP contribution in [0.15, 0.2) is 47.2 Å². The molecule has 5 heterocycles. The number of nitrogens with zero attached hydrogens (tertiary/aromatic N) is 4. The molecule has 2 aliphatic heterocycles. The molecule has 2 fully saturated rings. The molecule has 0 spiro atoms. The highest BCUT2D eigenvalue weighted by Gasteiger charge is 2.28. The fourth-order valence-electron chi connectivity index (χ4n) is 3.95. The van der Waals surface area contributed by atoms with Gasteiger partial charge in [0, 0.05) is 25.8 Å². The number of morpholine rings is 2. The maximum Gasteiger partial charge on any atom is 0.230 e. The summed E-state index contributed by atoms with van der Waals surface area (Å²) in [6.07, 6.45) is 3.66. The van der Waals surface area contributed by atoms with Gasteiger partial charge in [0.2, 0.25) is 5.91 Å². The summed E-state index contributed by atoms with van der Waals surface area (Å²) in [6.45, 7) is 4.77. The van der Waals surface area contributed by atoms with Gasteiger partial charge in [-0.15, -0.1) is 0 Å². The monoisotopic (exact) mass is 396 g/mol. The van der Waals surface area contributed by atoms with E-state index in [1.165, 1.54) is 0 Å². The Hall–Kier alpha value is -2.84. The van der Waals surface area contributed by atoms with Crippen LogP contribution in [-0.2, 0) is 20.7 Å². The second kappa shape index (κ2) is 7.88. The summed E-state index contributed by atoms with van der Waals surface area (Å²) in [4.78, 5) is 21.6. The number of ether oxygens (including phenoxy) is 2. The average Bonchev–Trinajstić information content (AvgIpc) is 3.44. The Kier molecular flexibility index (Phi) is 4.95. The molecule has 0 saturated carbocycles. The van der Waals surface area contributed by atoms with Crippen molar-refractivity contribution in [1.82, 2.24) is 14.3 Å². The van der Waals surface area contributed by atoms with Crippen LogP contribution in [0.4, 0.5) is 5.82 Å². The van der Waals surface area contributed by atoms with Crippen molar-refractivity contribution in [1.29, 1.82) is 0 Å². The Morgan fingerprint density at radius 2 is 2.00 bits per heavy atom. The second-order valence-electron chi connectivity index (χ2n) is 7.33. The molecule has 3 aromatic rings. The van der Waals surface area contributed by atoms with Gasteiger partial charge in [-0.2, -0.15) is 0 Å². The Morgan fingerprint density at radius 1 is 1.10 bits per heavy atom. The van der Waals surface area contributed by atoms with Gasteiger partial charge in [0.15, 0.2) is 0 Å². The minimum absolute atomic E-state index is 0.0472. The van der Waals surface area contributed by atoms with E-state index in [1.807, 2.05) is 29.3 Å². The van der Waals surface area contributed by atoms with Crippen molar-refractivity contribution in [3.63, 3.8) is 0 Å². The standard InChI is InChI=1S/C21H24N4O4/c26-21(13-16-3-2-9-28-16)24-8-12-29-18(15-24)17-14-25-19(22-17)4-1-5-20(25)23-6-10-27-11-7-23/h1-5,9,14,18H,6-8,10-13,15H2/t18-/m1/s1. The number of rotatable bonds is 4. The van der Waals surface area contributed by atoms with Crippen molar-refractivity contribution >= 4 is 17.4 Å². The number of aromatic nitrogens is 2. The van der Waals surface area contributed by atoms with E-state index in [4.69, 9.17) is 18.9 Å².